The van der Waals surface area contributed by atoms with Gasteiger partial charge in [-0.1, -0.05) is 30.3 Å². The van der Waals surface area contributed by atoms with Gasteiger partial charge in [-0.3, -0.25) is 0 Å². The quantitative estimate of drug-likeness (QED) is 0.778. The maximum atomic E-state index is 5.70. The molecular weight excluding hydrogens is 266 g/mol. The fraction of sp³-hybridized carbons (Fsp3) is 0.286. The highest BCUT2D eigenvalue weighted by Crippen LogP contribution is 2.18. The summed E-state index contributed by atoms with van der Waals surface area (Å²) in [5, 5.41) is 3.88. The number of rotatable bonds is 7. The Morgan fingerprint density at radius 3 is 2.67 bits per heavy atom. The van der Waals surface area contributed by atoms with E-state index in [9.17, 15) is 0 Å². The molecule has 2 rings (SSSR count). The zero-order valence-electron chi connectivity index (χ0n) is 10.1. The maximum Gasteiger partial charge on any atom is 0.193 e. The summed E-state index contributed by atoms with van der Waals surface area (Å²) in [5.74, 6) is 2.87. The normalized spacial score (nSPS) is 10.7. The molecule has 0 fully saturated rings. The summed E-state index contributed by atoms with van der Waals surface area (Å²) in [6, 6.07) is 14.1. The fourth-order valence-corrected chi connectivity index (χ4v) is 2.53. The van der Waals surface area contributed by atoms with E-state index < -0.39 is 0 Å². The second kappa shape index (κ2) is 7.52. The molecule has 0 aliphatic rings. The Kier molecular flexibility index (Phi) is 5.65. The van der Waals surface area contributed by atoms with Gasteiger partial charge in [0.2, 0.25) is 0 Å². The first-order valence-corrected chi connectivity index (χ1v) is 7.44. The van der Waals surface area contributed by atoms with Crippen LogP contribution >= 0.6 is 23.4 Å². The third-order valence-electron chi connectivity index (χ3n) is 2.47. The molecule has 0 bridgehead atoms. The molecule has 1 aromatic heterocycles. The van der Waals surface area contributed by atoms with Crippen molar-refractivity contribution in [3.05, 3.63) is 59.0 Å². The lowest BCUT2D eigenvalue weighted by Crippen LogP contribution is -2.16. The Morgan fingerprint density at radius 2 is 1.94 bits per heavy atom. The largest absolute Gasteiger partial charge is 0.449 e. The summed E-state index contributed by atoms with van der Waals surface area (Å²) in [6.45, 7) is 1.92. The van der Waals surface area contributed by atoms with Crippen molar-refractivity contribution in [1.29, 1.82) is 0 Å². The molecule has 0 aliphatic heterocycles. The van der Waals surface area contributed by atoms with Gasteiger partial charge in [-0.05, 0) is 29.3 Å². The topological polar surface area (TPSA) is 25.2 Å². The van der Waals surface area contributed by atoms with E-state index in [1.165, 1.54) is 5.56 Å². The molecule has 2 nitrogen and oxygen atoms in total. The van der Waals surface area contributed by atoms with Crippen LogP contribution < -0.4 is 5.32 Å². The SMILES string of the molecule is Clc1ccc(CSCCNCc2ccccc2)o1. The third kappa shape index (κ3) is 4.77. The first kappa shape index (κ1) is 13.5. The van der Waals surface area contributed by atoms with Gasteiger partial charge in [-0.15, -0.1) is 0 Å². The van der Waals surface area contributed by atoms with E-state index in [1.54, 1.807) is 6.07 Å². The predicted molar refractivity (Wildman–Crippen MR) is 78.0 cm³/mol. The van der Waals surface area contributed by atoms with Gasteiger partial charge in [0.15, 0.2) is 5.22 Å². The van der Waals surface area contributed by atoms with Gasteiger partial charge in [-0.2, -0.15) is 11.8 Å². The van der Waals surface area contributed by atoms with Crippen LogP contribution in [0, 0.1) is 0 Å². The minimum atomic E-state index is 0.466. The highest BCUT2D eigenvalue weighted by atomic mass is 35.5. The summed E-state index contributed by atoms with van der Waals surface area (Å²) < 4.78 is 5.28. The molecule has 0 spiro atoms. The van der Waals surface area contributed by atoms with Crippen molar-refractivity contribution in [1.82, 2.24) is 5.32 Å². The van der Waals surface area contributed by atoms with Crippen LogP contribution in [-0.4, -0.2) is 12.3 Å². The van der Waals surface area contributed by atoms with Gasteiger partial charge in [0.25, 0.3) is 0 Å². The van der Waals surface area contributed by atoms with E-state index in [1.807, 2.05) is 23.9 Å². The number of hydrogen-bond acceptors (Lipinski definition) is 3. The first-order valence-electron chi connectivity index (χ1n) is 5.91. The van der Waals surface area contributed by atoms with E-state index >= 15 is 0 Å². The van der Waals surface area contributed by atoms with Gasteiger partial charge in [0.1, 0.15) is 5.76 Å². The summed E-state index contributed by atoms with van der Waals surface area (Å²) in [5.41, 5.74) is 1.32. The zero-order chi connectivity index (χ0) is 12.6. The Labute approximate surface area is 117 Å². The molecule has 0 unspecified atom stereocenters. The molecule has 18 heavy (non-hydrogen) atoms. The van der Waals surface area contributed by atoms with Crippen molar-refractivity contribution in [3.8, 4) is 0 Å². The molecule has 1 aromatic carbocycles. The molecule has 2 aromatic rings. The Hall–Kier alpha value is -0.900. The number of halogens is 1. The van der Waals surface area contributed by atoms with Crippen molar-refractivity contribution < 1.29 is 4.42 Å². The number of thioether (sulfide) groups is 1. The van der Waals surface area contributed by atoms with Crippen LogP contribution in [0.2, 0.25) is 5.22 Å². The average molecular weight is 282 g/mol. The second-order valence-electron chi connectivity index (χ2n) is 3.92. The molecule has 0 amide bonds. The minimum Gasteiger partial charge on any atom is -0.449 e. The van der Waals surface area contributed by atoms with Crippen LogP contribution in [0.15, 0.2) is 46.9 Å². The van der Waals surface area contributed by atoms with Crippen LogP contribution in [0.1, 0.15) is 11.3 Å². The molecular formula is C14H16ClNOS. The number of benzene rings is 1. The third-order valence-corrected chi connectivity index (χ3v) is 3.65. The Bertz CT molecular complexity index is 458. The summed E-state index contributed by atoms with van der Waals surface area (Å²) in [6.07, 6.45) is 0. The van der Waals surface area contributed by atoms with E-state index in [0.717, 1.165) is 30.4 Å². The monoisotopic (exact) mass is 281 g/mol. The molecule has 1 N–H and O–H groups in total. The molecule has 0 aliphatic carbocycles. The van der Waals surface area contributed by atoms with Crippen LogP contribution in [0.4, 0.5) is 0 Å². The zero-order valence-corrected chi connectivity index (χ0v) is 11.6. The Balaban J connectivity index is 1.54. The van der Waals surface area contributed by atoms with Crippen molar-refractivity contribution >= 4 is 23.4 Å². The fourth-order valence-electron chi connectivity index (χ4n) is 1.58. The van der Waals surface area contributed by atoms with Crippen LogP contribution in [0.25, 0.3) is 0 Å². The van der Waals surface area contributed by atoms with Crippen molar-refractivity contribution in [2.45, 2.75) is 12.3 Å². The van der Waals surface area contributed by atoms with Gasteiger partial charge >= 0.3 is 0 Å². The van der Waals surface area contributed by atoms with Crippen LogP contribution in [-0.2, 0) is 12.3 Å². The summed E-state index contributed by atoms with van der Waals surface area (Å²) in [4.78, 5) is 0. The molecule has 96 valence electrons. The molecule has 0 saturated carbocycles. The second-order valence-corrected chi connectivity index (χ2v) is 5.40. The molecule has 0 saturated heterocycles. The smallest absolute Gasteiger partial charge is 0.193 e. The number of nitrogens with one attached hydrogen (secondary N) is 1. The maximum absolute atomic E-state index is 5.70. The van der Waals surface area contributed by atoms with E-state index in [2.05, 4.69) is 29.6 Å². The van der Waals surface area contributed by atoms with Crippen LogP contribution in [0.3, 0.4) is 0 Å². The van der Waals surface area contributed by atoms with E-state index in [-0.39, 0.29) is 0 Å². The van der Waals surface area contributed by atoms with Crippen molar-refractivity contribution in [2.24, 2.45) is 0 Å². The lowest BCUT2D eigenvalue weighted by Gasteiger charge is -2.04. The number of furan rings is 1. The van der Waals surface area contributed by atoms with Crippen molar-refractivity contribution in [2.75, 3.05) is 12.3 Å². The first-order chi connectivity index (χ1) is 8.84. The average Bonchev–Trinajstić information content (AvgIpc) is 2.81. The van der Waals surface area contributed by atoms with E-state index in [4.69, 9.17) is 16.0 Å². The highest BCUT2D eigenvalue weighted by molar-refractivity contribution is 7.98. The van der Waals surface area contributed by atoms with Gasteiger partial charge in [0.05, 0.1) is 5.75 Å². The van der Waals surface area contributed by atoms with Gasteiger partial charge in [-0.25, -0.2) is 0 Å². The van der Waals surface area contributed by atoms with Crippen LogP contribution in [0.5, 0.6) is 0 Å². The van der Waals surface area contributed by atoms with Gasteiger partial charge in [0, 0.05) is 18.8 Å². The minimum absolute atomic E-state index is 0.466. The Morgan fingerprint density at radius 1 is 1.11 bits per heavy atom. The predicted octanol–water partition coefficient (Wildman–Crippen LogP) is 3.96. The van der Waals surface area contributed by atoms with E-state index in [0.29, 0.717) is 5.22 Å². The standard InChI is InChI=1S/C14H16ClNOS/c15-14-7-6-13(17-14)11-18-9-8-16-10-12-4-2-1-3-5-12/h1-7,16H,8-11H2. The summed E-state index contributed by atoms with van der Waals surface area (Å²) in [7, 11) is 0. The lowest BCUT2D eigenvalue weighted by molar-refractivity contribution is 0.532. The summed E-state index contributed by atoms with van der Waals surface area (Å²) >= 11 is 7.54. The molecule has 0 radical (unpaired) electrons. The van der Waals surface area contributed by atoms with Gasteiger partial charge < -0.3 is 9.73 Å². The number of hydrogen-bond donors (Lipinski definition) is 1. The molecule has 1 heterocycles. The van der Waals surface area contributed by atoms with Crippen molar-refractivity contribution in [3.63, 3.8) is 0 Å². The lowest BCUT2D eigenvalue weighted by atomic mass is 10.2. The molecule has 4 heteroatoms. The highest BCUT2D eigenvalue weighted by Gasteiger charge is 1.99. The molecule has 0 atom stereocenters.